The van der Waals surface area contributed by atoms with Crippen LogP contribution in [0.25, 0.3) is 5.65 Å². The third-order valence-electron chi connectivity index (χ3n) is 5.85. The average Bonchev–Trinajstić information content (AvgIpc) is 3.14. The molecular formula is C17H24N6O3. The zero-order chi connectivity index (χ0) is 18.1. The molecule has 1 N–H and O–H groups in total. The molecule has 1 amide bonds. The van der Waals surface area contributed by atoms with Crippen molar-refractivity contribution in [3.05, 3.63) is 18.5 Å². The predicted molar refractivity (Wildman–Crippen MR) is 92.6 cm³/mol. The molecule has 0 aromatic carbocycles. The first-order valence-corrected chi connectivity index (χ1v) is 9.00. The maximum Gasteiger partial charge on any atom is 0.260 e. The fourth-order valence-electron chi connectivity index (χ4n) is 4.26. The Morgan fingerprint density at radius 2 is 2.27 bits per heavy atom. The maximum absolute atomic E-state index is 12.6. The largest absolute Gasteiger partial charge is 0.467 e. The summed E-state index contributed by atoms with van der Waals surface area (Å²) in [6.07, 6.45) is 4.44. The van der Waals surface area contributed by atoms with Crippen molar-refractivity contribution in [2.24, 2.45) is 5.41 Å². The lowest BCUT2D eigenvalue weighted by Crippen LogP contribution is -2.62. The molecule has 2 fully saturated rings. The Balaban J connectivity index is 1.39. The summed E-state index contributed by atoms with van der Waals surface area (Å²) in [4.78, 5) is 16.7. The number of amides is 1. The number of carbonyl (C=O) groups is 1. The summed E-state index contributed by atoms with van der Waals surface area (Å²) < 4.78 is 7.08. The van der Waals surface area contributed by atoms with E-state index in [2.05, 4.69) is 27.2 Å². The number of aliphatic hydroxyl groups excluding tert-OH is 1. The second-order valence-corrected chi connectivity index (χ2v) is 7.30. The molecule has 0 aliphatic carbocycles. The molecule has 0 spiro atoms. The number of hydrogen-bond acceptors (Lipinski definition) is 7. The minimum absolute atomic E-state index is 0.0524. The van der Waals surface area contributed by atoms with Gasteiger partial charge in [-0.15, -0.1) is 15.3 Å². The van der Waals surface area contributed by atoms with Crippen LogP contribution >= 0.6 is 0 Å². The topological polar surface area (TPSA) is 96.1 Å². The molecule has 9 nitrogen and oxygen atoms in total. The van der Waals surface area contributed by atoms with Gasteiger partial charge in [0.1, 0.15) is 6.33 Å². The molecule has 2 aromatic heterocycles. The van der Waals surface area contributed by atoms with Gasteiger partial charge in [-0.05, 0) is 38.9 Å². The fraction of sp³-hybridized carbons (Fsp3) is 0.647. The molecule has 9 heteroatoms. The normalized spacial score (nSPS) is 26.7. The summed E-state index contributed by atoms with van der Waals surface area (Å²) in [5.74, 6) is 0.309. The highest BCUT2D eigenvalue weighted by Crippen LogP contribution is 2.41. The van der Waals surface area contributed by atoms with Crippen molar-refractivity contribution < 1.29 is 14.6 Å². The molecule has 4 rings (SSSR count). The van der Waals surface area contributed by atoms with Crippen LogP contribution in [0.15, 0.2) is 18.5 Å². The first-order chi connectivity index (χ1) is 12.6. The summed E-state index contributed by atoms with van der Waals surface area (Å²) in [6, 6.07) is 3.62. The molecule has 2 saturated heterocycles. The highest BCUT2D eigenvalue weighted by molar-refractivity contribution is 5.78. The first kappa shape index (κ1) is 17.2. The summed E-state index contributed by atoms with van der Waals surface area (Å²) >= 11 is 0. The molecule has 4 heterocycles. The Hall–Kier alpha value is -2.26. The van der Waals surface area contributed by atoms with Gasteiger partial charge in [-0.3, -0.25) is 4.79 Å². The number of likely N-dealkylation sites (N-methyl/N-ethyl adjacent to an activating group) is 1. The zero-order valence-corrected chi connectivity index (χ0v) is 14.9. The number of nitrogens with zero attached hydrogens (tertiary/aromatic N) is 6. The highest BCUT2D eigenvalue weighted by Gasteiger charge is 2.47. The second kappa shape index (κ2) is 6.81. The minimum Gasteiger partial charge on any atom is -0.467 e. The molecule has 2 aliphatic rings. The van der Waals surface area contributed by atoms with Crippen molar-refractivity contribution in [3.63, 3.8) is 0 Å². The Morgan fingerprint density at radius 1 is 1.38 bits per heavy atom. The second-order valence-electron chi connectivity index (χ2n) is 7.30. The van der Waals surface area contributed by atoms with Crippen LogP contribution in [0.1, 0.15) is 19.3 Å². The Kier molecular flexibility index (Phi) is 4.49. The minimum atomic E-state index is -0.0777. The van der Waals surface area contributed by atoms with Gasteiger partial charge in [-0.2, -0.15) is 4.52 Å². The predicted octanol–water partition coefficient (Wildman–Crippen LogP) is -0.192. The number of ether oxygens (including phenoxy) is 1. The van der Waals surface area contributed by atoms with Gasteiger partial charge in [0.05, 0.1) is 6.61 Å². The molecule has 2 aromatic rings. The van der Waals surface area contributed by atoms with Crippen LogP contribution in [0.3, 0.4) is 0 Å². The summed E-state index contributed by atoms with van der Waals surface area (Å²) in [7, 11) is 2.08. The Bertz CT molecular complexity index is 796. The number of rotatable bonds is 4. The number of fused-ring (bicyclic) bond motifs is 2. The van der Waals surface area contributed by atoms with Crippen LogP contribution in [-0.2, 0) is 4.79 Å². The van der Waals surface area contributed by atoms with Gasteiger partial charge in [-0.1, -0.05) is 0 Å². The third-order valence-corrected chi connectivity index (χ3v) is 5.85. The van der Waals surface area contributed by atoms with Crippen molar-refractivity contribution in [1.29, 1.82) is 0 Å². The van der Waals surface area contributed by atoms with Crippen LogP contribution in [0.2, 0.25) is 0 Å². The van der Waals surface area contributed by atoms with E-state index >= 15 is 0 Å². The molecule has 140 valence electrons. The highest BCUT2D eigenvalue weighted by atomic mass is 16.5. The van der Waals surface area contributed by atoms with E-state index in [1.54, 1.807) is 12.1 Å². The molecule has 26 heavy (non-hydrogen) atoms. The van der Waals surface area contributed by atoms with Crippen LogP contribution in [0, 0.1) is 5.41 Å². The summed E-state index contributed by atoms with van der Waals surface area (Å²) in [6.45, 7) is 2.43. The fourth-order valence-corrected chi connectivity index (χ4v) is 4.26. The van der Waals surface area contributed by atoms with E-state index in [0.29, 0.717) is 24.6 Å². The Labute approximate surface area is 151 Å². The van der Waals surface area contributed by atoms with Crippen molar-refractivity contribution in [2.75, 3.05) is 39.9 Å². The van der Waals surface area contributed by atoms with Gasteiger partial charge in [0.2, 0.25) is 5.88 Å². The van der Waals surface area contributed by atoms with E-state index < -0.39 is 0 Å². The standard InChI is InChI=1S/C17H24N6O3/c1-21-7-2-5-17(11-24)6-8-22(9-13(17)21)16(25)10-26-15-4-3-14-19-18-12-23(14)20-15/h3-4,12-13,24H,2,5-11H2,1H3/t13-,17-/m1/s1. The van der Waals surface area contributed by atoms with Gasteiger partial charge < -0.3 is 19.6 Å². The van der Waals surface area contributed by atoms with Gasteiger partial charge in [-0.25, -0.2) is 0 Å². The number of likely N-dealkylation sites (tertiary alicyclic amines) is 2. The zero-order valence-electron chi connectivity index (χ0n) is 14.9. The third kappa shape index (κ3) is 3.01. The van der Waals surface area contributed by atoms with Crippen LogP contribution < -0.4 is 4.74 Å². The van der Waals surface area contributed by atoms with Crippen molar-refractivity contribution >= 4 is 11.6 Å². The van der Waals surface area contributed by atoms with Gasteiger partial charge in [0.15, 0.2) is 12.3 Å². The molecule has 2 atom stereocenters. The summed E-state index contributed by atoms with van der Waals surface area (Å²) in [5.41, 5.74) is 0.548. The number of hydrogen-bond donors (Lipinski definition) is 1. The molecule has 0 unspecified atom stereocenters. The van der Waals surface area contributed by atoms with E-state index in [4.69, 9.17) is 4.74 Å². The number of piperidine rings is 2. The quantitative estimate of drug-likeness (QED) is 0.807. The van der Waals surface area contributed by atoms with E-state index in [9.17, 15) is 9.90 Å². The SMILES string of the molecule is CN1CCC[C@]2(CO)CCN(C(=O)COc3ccc4nncn4n3)C[C@@H]12. The van der Waals surface area contributed by atoms with E-state index in [-0.39, 0.29) is 30.6 Å². The molecule has 0 radical (unpaired) electrons. The first-order valence-electron chi connectivity index (χ1n) is 9.00. The smallest absolute Gasteiger partial charge is 0.260 e. The van der Waals surface area contributed by atoms with Gasteiger partial charge in [0.25, 0.3) is 5.91 Å². The number of carbonyl (C=O) groups excluding carboxylic acids is 1. The van der Waals surface area contributed by atoms with Crippen LogP contribution in [0.4, 0.5) is 0 Å². The van der Waals surface area contributed by atoms with Crippen molar-refractivity contribution in [2.45, 2.75) is 25.3 Å². The van der Waals surface area contributed by atoms with Gasteiger partial charge >= 0.3 is 0 Å². The molecule has 0 saturated carbocycles. The van der Waals surface area contributed by atoms with E-state index in [1.165, 1.54) is 10.8 Å². The van der Waals surface area contributed by atoms with E-state index in [0.717, 1.165) is 25.8 Å². The molecule has 0 bridgehead atoms. The summed E-state index contributed by atoms with van der Waals surface area (Å²) in [5, 5.41) is 21.8. The lowest BCUT2D eigenvalue weighted by atomic mass is 9.69. The van der Waals surface area contributed by atoms with E-state index in [1.807, 2.05) is 4.90 Å². The number of aromatic nitrogens is 4. The lowest BCUT2D eigenvalue weighted by molar-refractivity contribution is -0.142. The van der Waals surface area contributed by atoms with Gasteiger partial charge in [0, 0.05) is 30.6 Å². The Morgan fingerprint density at radius 3 is 3.12 bits per heavy atom. The maximum atomic E-state index is 12.6. The molecule has 2 aliphatic heterocycles. The van der Waals surface area contributed by atoms with Crippen molar-refractivity contribution in [3.8, 4) is 5.88 Å². The lowest BCUT2D eigenvalue weighted by Gasteiger charge is -2.53. The van der Waals surface area contributed by atoms with Crippen molar-refractivity contribution in [1.82, 2.24) is 29.6 Å². The number of aliphatic hydroxyl groups is 1. The average molecular weight is 360 g/mol. The monoisotopic (exact) mass is 360 g/mol. The molecular weight excluding hydrogens is 336 g/mol. The van der Waals surface area contributed by atoms with Crippen LogP contribution in [0.5, 0.6) is 5.88 Å². The van der Waals surface area contributed by atoms with Crippen LogP contribution in [-0.4, -0.2) is 86.6 Å².